The fraction of sp³-hybridized carbons (Fsp3) is 0.125. The molecule has 6 nitrogen and oxygen atoms in total. The molecule has 3 heterocycles. The highest BCUT2D eigenvalue weighted by Gasteiger charge is 2.31. The molecule has 3 aromatic heterocycles. The number of thioether (sulfide) groups is 1. The number of halogens is 3. The zero-order valence-corrected chi connectivity index (χ0v) is 13.8. The number of nitrogens with zero attached hydrogens (tertiary/aromatic N) is 5. The molecule has 0 amide bonds. The third-order valence-corrected chi connectivity index (χ3v) is 4.44. The van der Waals surface area contributed by atoms with Gasteiger partial charge in [0.1, 0.15) is 0 Å². The van der Waals surface area contributed by atoms with Crippen LogP contribution in [-0.2, 0) is 11.9 Å². The van der Waals surface area contributed by atoms with Crippen molar-refractivity contribution in [1.82, 2.24) is 24.8 Å². The van der Waals surface area contributed by atoms with Crippen LogP contribution in [0.4, 0.5) is 13.2 Å². The maximum atomic E-state index is 12.9. The number of fused-ring (bicyclic) bond motifs is 1. The highest BCUT2D eigenvalue weighted by atomic mass is 32.2. The zero-order valence-electron chi connectivity index (χ0n) is 13.0. The van der Waals surface area contributed by atoms with Crippen LogP contribution < -0.4 is 0 Å². The van der Waals surface area contributed by atoms with E-state index in [4.69, 9.17) is 4.42 Å². The lowest BCUT2D eigenvalue weighted by atomic mass is 10.2. The van der Waals surface area contributed by atoms with Gasteiger partial charge in [0, 0.05) is 11.8 Å². The van der Waals surface area contributed by atoms with E-state index in [9.17, 15) is 13.2 Å². The topological polar surface area (TPSA) is 69.1 Å². The average Bonchev–Trinajstić information content (AvgIpc) is 3.26. The molecule has 26 heavy (non-hydrogen) atoms. The Labute approximate surface area is 149 Å². The zero-order chi connectivity index (χ0) is 18.1. The second-order valence-corrected chi connectivity index (χ2v) is 6.22. The summed E-state index contributed by atoms with van der Waals surface area (Å²) in [6.45, 7) is 0. The molecule has 10 heteroatoms. The maximum absolute atomic E-state index is 12.9. The predicted molar refractivity (Wildman–Crippen MR) is 87.3 cm³/mol. The van der Waals surface area contributed by atoms with E-state index in [1.54, 1.807) is 0 Å². The van der Waals surface area contributed by atoms with E-state index in [1.165, 1.54) is 10.5 Å². The molecular formula is C16H10F3N5OS. The van der Waals surface area contributed by atoms with Gasteiger partial charge in [-0.2, -0.15) is 13.2 Å². The molecule has 0 spiro atoms. The summed E-state index contributed by atoms with van der Waals surface area (Å²) >= 11 is 1.16. The second-order valence-electron chi connectivity index (χ2n) is 5.28. The van der Waals surface area contributed by atoms with Gasteiger partial charge in [-0.15, -0.1) is 20.4 Å². The van der Waals surface area contributed by atoms with Crippen molar-refractivity contribution in [3.05, 3.63) is 60.1 Å². The summed E-state index contributed by atoms with van der Waals surface area (Å²) in [4.78, 5) is 0. The van der Waals surface area contributed by atoms with Crippen molar-refractivity contribution >= 4 is 17.4 Å². The van der Waals surface area contributed by atoms with Gasteiger partial charge in [-0.3, -0.25) is 4.40 Å². The number of alkyl halides is 3. The SMILES string of the molecule is FC(F)(F)c1ccc2nnc(SCc3nnc(-c4ccccc4)o3)n2c1. The summed E-state index contributed by atoms with van der Waals surface area (Å²) in [6, 6.07) is 11.5. The van der Waals surface area contributed by atoms with Crippen molar-refractivity contribution in [2.24, 2.45) is 0 Å². The van der Waals surface area contributed by atoms with Gasteiger partial charge < -0.3 is 4.42 Å². The van der Waals surface area contributed by atoms with Crippen LogP contribution in [0.1, 0.15) is 11.5 Å². The van der Waals surface area contributed by atoms with Crippen LogP contribution in [0.25, 0.3) is 17.1 Å². The molecule has 1 aromatic carbocycles. The first-order valence-electron chi connectivity index (χ1n) is 7.43. The highest BCUT2D eigenvalue weighted by molar-refractivity contribution is 7.98. The molecule has 0 aliphatic rings. The van der Waals surface area contributed by atoms with Gasteiger partial charge >= 0.3 is 6.18 Å². The van der Waals surface area contributed by atoms with Gasteiger partial charge in [0.2, 0.25) is 11.8 Å². The van der Waals surface area contributed by atoms with Crippen LogP contribution in [-0.4, -0.2) is 24.8 Å². The van der Waals surface area contributed by atoms with Crippen molar-refractivity contribution in [1.29, 1.82) is 0 Å². The summed E-state index contributed by atoms with van der Waals surface area (Å²) in [5, 5.41) is 16.0. The average molecular weight is 377 g/mol. The number of hydrogen-bond acceptors (Lipinski definition) is 6. The van der Waals surface area contributed by atoms with Crippen LogP contribution in [0.15, 0.2) is 58.2 Å². The monoisotopic (exact) mass is 377 g/mol. The van der Waals surface area contributed by atoms with E-state index in [0.717, 1.165) is 29.6 Å². The summed E-state index contributed by atoms with van der Waals surface area (Å²) in [6.07, 6.45) is -3.46. The van der Waals surface area contributed by atoms with Gasteiger partial charge in [-0.1, -0.05) is 30.0 Å². The van der Waals surface area contributed by atoms with Crippen molar-refractivity contribution in [2.75, 3.05) is 0 Å². The first-order valence-corrected chi connectivity index (χ1v) is 8.42. The first kappa shape index (κ1) is 16.6. The molecule has 0 unspecified atom stereocenters. The second kappa shape index (κ2) is 6.45. The van der Waals surface area contributed by atoms with E-state index < -0.39 is 11.7 Å². The summed E-state index contributed by atoms with van der Waals surface area (Å²) in [5.74, 6) is 0.987. The van der Waals surface area contributed by atoms with Crippen LogP contribution in [0.5, 0.6) is 0 Å². The largest absolute Gasteiger partial charge is 0.420 e. The molecule has 0 saturated carbocycles. The van der Waals surface area contributed by atoms with Crippen molar-refractivity contribution in [3.63, 3.8) is 0 Å². The Bertz CT molecular complexity index is 1040. The number of aromatic nitrogens is 5. The molecule has 0 saturated heterocycles. The molecule has 0 atom stereocenters. The molecule has 0 aliphatic heterocycles. The number of hydrogen-bond donors (Lipinski definition) is 0. The smallest absolute Gasteiger partial charge is 0.417 e. The van der Waals surface area contributed by atoms with Gasteiger partial charge in [-0.05, 0) is 24.3 Å². The molecule has 132 valence electrons. The number of pyridine rings is 1. The maximum Gasteiger partial charge on any atom is 0.417 e. The molecule has 4 rings (SSSR count). The Morgan fingerprint density at radius 1 is 0.962 bits per heavy atom. The lowest BCUT2D eigenvalue weighted by molar-refractivity contribution is -0.137. The van der Waals surface area contributed by atoms with E-state index >= 15 is 0 Å². The minimum atomic E-state index is -4.43. The summed E-state index contributed by atoms with van der Waals surface area (Å²) in [5.41, 5.74) is 0.353. The lowest BCUT2D eigenvalue weighted by Crippen LogP contribution is -2.06. The van der Waals surface area contributed by atoms with E-state index in [-0.39, 0.29) is 5.75 Å². The van der Waals surface area contributed by atoms with Crippen LogP contribution in [0.2, 0.25) is 0 Å². The van der Waals surface area contributed by atoms with Crippen LogP contribution in [0.3, 0.4) is 0 Å². The van der Waals surface area contributed by atoms with E-state index in [2.05, 4.69) is 20.4 Å². The van der Waals surface area contributed by atoms with Gasteiger partial charge in [0.25, 0.3) is 0 Å². The predicted octanol–water partition coefficient (Wildman–Crippen LogP) is 4.09. The molecule has 0 bridgehead atoms. The van der Waals surface area contributed by atoms with E-state index in [1.807, 2.05) is 30.3 Å². The third-order valence-electron chi connectivity index (χ3n) is 3.51. The quantitative estimate of drug-likeness (QED) is 0.499. The third kappa shape index (κ3) is 3.27. The van der Waals surface area contributed by atoms with Gasteiger partial charge in [0.15, 0.2) is 10.8 Å². The highest BCUT2D eigenvalue weighted by Crippen LogP contribution is 2.30. The Hall–Kier alpha value is -2.88. The minimum absolute atomic E-state index is 0.261. The number of rotatable bonds is 4. The minimum Gasteiger partial charge on any atom is -0.420 e. The van der Waals surface area contributed by atoms with Crippen LogP contribution in [0, 0.1) is 0 Å². The first-order chi connectivity index (χ1) is 12.5. The Balaban J connectivity index is 1.54. The molecular weight excluding hydrogens is 367 g/mol. The van der Waals surface area contributed by atoms with Crippen LogP contribution >= 0.6 is 11.8 Å². The normalized spacial score (nSPS) is 12.0. The van der Waals surface area contributed by atoms with Crippen molar-refractivity contribution in [2.45, 2.75) is 17.1 Å². The van der Waals surface area contributed by atoms with Gasteiger partial charge in [-0.25, -0.2) is 0 Å². The summed E-state index contributed by atoms with van der Waals surface area (Å²) < 4.78 is 45.5. The fourth-order valence-electron chi connectivity index (χ4n) is 2.27. The fourth-order valence-corrected chi connectivity index (χ4v) is 3.02. The molecule has 4 aromatic rings. The molecule has 0 N–H and O–H groups in total. The molecule has 0 fully saturated rings. The van der Waals surface area contributed by atoms with Crippen molar-refractivity contribution < 1.29 is 17.6 Å². The number of benzene rings is 1. The van der Waals surface area contributed by atoms with Crippen molar-refractivity contribution in [3.8, 4) is 11.5 Å². The van der Waals surface area contributed by atoms with E-state index in [0.29, 0.717) is 22.6 Å². The Kier molecular flexibility index (Phi) is 4.11. The standard InChI is InChI=1S/C16H10F3N5OS/c17-16(18,19)11-6-7-12-20-23-15(24(12)8-11)26-9-13-21-22-14(25-13)10-4-2-1-3-5-10/h1-8H,9H2. The lowest BCUT2D eigenvalue weighted by Gasteiger charge is -2.06. The molecule has 0 radical (unpaired) electrons. The Morgan fingerprint density at radius 2 is 1.77 bits per heavy atom. The summed E-state index contributed by atoms with van der Waals surface area (Å²) in [7, 11) is 0. The van der Waals surface area contributed by atoms with Gasteiger partial charge in [0.05, 0.1) is 11.3 Å². The Morgan fingerprint density at radius 3 is 2.54 bits per heavy atom. The molecule has 0 aliphatic carbocycles.